The summed E-state index contributed by atoms with van der Waals surface area (Å²) >= 11 is 6.45. The first kappa shape index (κ1) is 15.2. The lowest BCUT2D eigenvalue weighted by atomic mass is 9.95. The Morgan fingerprint density at radius 2 is 2.13 bits per heavy atom. The Morgan fingerprint density at radius 1 is 1.35 bits per heavy atom. The van der Waals surface area contributed by atoms with Crippen molar-refractivity contribution in [3.05, 3.63) is 23.4 Å². The van der Waals surface area contributed by atoms with Crippen LogP contribution in [0.5, 0.6) is 0 Å². The third-order valence-electron chi connectivity index (χ3n) is 5.24. The molecule has 7 heteroatoms. The molecule has 23 heavy (non-hydrogen) atoms. The summed E-state index contributed by atoms with van der Waals surface area (Å²) in [5.41, 5.74) is 1.76. The monoisotopic (exact) mass is 336 g/mol. The van der Waals surface area contributed by atoms with Crippen LogP contribution in [0.4, 0.5) is 5.69 Å². The number of ether oxygens (including phenoxy) is 1. The van der Waals surface area contributed by atoms with Gasteiger partial charge in [0.2, 0.25) is 0 Å². The average Bonchev–Trinajstić information content (AvgIpc) is 3.14. The van der Waals surface area contributed by atoms with Gasteiger partial charge in [0.25, 0.3) is 0 Å². The number of nitrogens with one attached hydrogen (secondary N) is 1. The van der Waals surface area contributed by atoms with Gasteiger partial charge in [0.15, 0.2) is 0 Å². The second-order valence-electron chi connectivity index (χ2n) is 6.62. The van der Waals surface area contributed by atoms with Gasteiger partial charge in [-0.2, -0.15) is 5.10 Å². The van der Waals surface area contributed by atoms with Gasteiger partial charge in [-0.05, 0) is 19.1 Å². The minimum Gasteiger partial charge on any atom is -0.389 e. The van der Waals surface area contributed by atoms with E-state index in [1.54, 1.807) is 6.20 Å². The molecule has 4 rings (SSSR count). The lowest BCUT2D eigenvalue weighted by molar-refractivity contribution is 0.00884. The largest absolute Gasteiger partial charge is 0.389 e. The summed E-state index contributed by atoms with van der Waals surface area (Å²) in [5, 5.41) is 19.0. The second kappa shape index (κ2) is 5.63. The quantitative estimate of drug-likeness (QED) is 0.870. The van der Waals surface area contributed by atoms with Crippen LogP contribution in [-0.4, -0.2) is 71.2 Å². The van der Waals surface area contributed by atoms with Crippen molar-refractivity contribution in [1.29, 1.82) is 0 Å². The molecule has 2 saturated heterocycles. The number of aliphatic hydroxyl groups excluding tert-OH is 1. The summed E-state index contributed by atoms with van der Waals surface area (Å²) in [6.07, 6.45) is 1.37. The maximum atomic E-state index is 10.2. The molecule has 2 fully saturated rings. The minimum atomic E-state index is -0.418. The zero-order valence-electron chi connectivity index (χ0n) is 13.1. The van der Waals surface area contributed by atoms with Crippen LogP contribution in [0.1, 0.15) is 6.92 Å². The number of piperazine rings is 1. The number of anilines is 1. The number of aromatic amines is 1. The summed E-state index contributed by atoms with van der Waals surface area (Å²) in [4.78, 5) is 4.63. The predicted molar refractivity (Wildman–Crippen MR) is 90.1 cm³/mol. The van der Waals surface area contributed by atoms with E-state index < -0.39 is 6.10 Å². The van der Waals surface area contributed by atoms with Crippen molar-refractivity contribution in [3.8, 4) is 0 Å². The molecular formula is C16H21ClN4O2. The van der Waals surface area contributed by atoms with Crippen LogP contribution in [0.3, 0.4) is 0 Å². The highest BCUT2D eigenvalue weighted by Gasteiger charge is 2.44. The molecule has 0 spiro atoms. The van der Waals surface area contributed by atoms with Crippen molar-refractivity contribution >= 4 is 28.2 Å². The second-order valence-corrected chi connectivity index (χ2v) is 7.03. The topological polar surface area (TPSA) is 64.6 Å². The van der Waals surface area contributed by atoms with Crippen molar-refractivity contribution in [2.75, 3.05) is 44.3 Å². The molecule has 0 bridgehead atoms. The van der Waals surface area contributed by atoms with E-state index in [0.717, 1.165) is 47.8 Å². The Hall–Kier alpha value is -1.34. The van der Waals surface area contributed by atoms with E-state index >= 15 is 0 Å². The van der Waals surface area contributed by atoms with Gasteiger partial charge in [-0.1, -0.05) is 11.6 Å². The Bertz CT molecular complexity index is 713. The summed E-state index contributed by atoms with van der Waals surface area (Å²) in [7, 11) is 0. The third kappa shape index (κ3) is 2.50. The molecule has 3 heterocycles. The molecule has 2 aliphatic heterocycles. The average molecular weight is 337 g/mol. The molecule has 124 valence electrons. The van der Waals surface area contributed by atoms with Crippen LogP contribution in [-0.2, 0) is 4.74 Å². The summed E-state index contributed by atoms with van der Waals surface area (Å²) in [5.74, 6) is 0. The number of aliphatic hydroxyl groups is 1. The predicted octanol–water partition coefficient (Wildman–Crippen LogP) is 1.49. The molecule has 0 amide bonds. The first-order chi connectivity index (χ1) is 11.1. The highest BCUT2D eigenvalue weighted by molar-refractivity contribution is 6.34. The normalized spacial score (nSPS) is 29.5. The van der Waals surface area contributed by atoms with Gasteiger partial charge in [-0.25, -0.2) is 0 Å². The van der Waals surface area contributed by atoms with Gasteiger partial charge >= 0.3 is 0 Å². The number of halogens is 1. The number of fused-ring (bicyclic) bond motifs is 1. The van der Waals surface area contributed by atoms with Crippen LogP contribution < -0.4 is 4.90 Å². The maximum absolute atomic E-state index is 10.2. The zero-order valence-corrected chi connectivity index (χ0v) is 13.9. The first-order valence-electron chi connectivity index (χ1n) is 7.96. The minimum absolute atomic E-state index is 0.275. The third-order valence-corrected chi connectivity index (χ3v) is 5.54. The fourth-order valence-corrected chi connectivity index (χ4v) is 3.90. The lowest BCUT2D eigenvalue weighted by Crippen LogP contribution is -2.60. The van der Waals surface area contributed by atoms with Crippen molar-refractivity contribution in [1.82, 2.24) is 15.1 Å². The lowest BCUT2D eigenvalue weighted by Gasteiger charge is -2.45. The molecule has 0 saturated carbocycles. The van der Waals surface area contributed by atoms with Crippen molar-refractivity contribution in [2.45, 2.75) is 18.6 Å². The standard InChI is InChI=1S/C16H21ClN4O2/c1-16(10-23-9-15(16)22)21-4-2-20(3-5-21)14-7-13-11(6-12(14)17)8-18-19-13/h6-8,15,22H,2-5,9-10H2,1H3,(H,18,19)/t15-,16+/m0/s1. The molecule has 2 aromatic rings. The van der Waals surface area contributed by atoms with E-state index in [0.29, 0.717) is 13.2 Å². The van der Waals surface area contributed by atoms with Crippen LogP contribution >= 0.6 is 11.6 Å². The highest BCUT2D eigenvalue weighted by atomic mass is 35.5. The Morgan fingerprint density at radius 3 is 2.83 bits per heavy atom. The smallest absolute Gasteiger partial charge is 0.0976 e. The van der Waals surface area contributed by atoms with E-state index in [4.69, 9.17) is 16.3 Å². The van der Waals surface area contributed by atoms with Crippen LogP contribution in [0.15, 0.2) is 18.3 Å². The van der Waals surface area contributed by atoms with Crippen molar-refractivity contribution in [2.24, 2.45) is 0 Å². The zero-order chi connectivity index (χ0) is 16.0. The van der Waals surface area contributed by atoms with E-state index in [1.807, 2.05) is 6.07 Å². The SMILES string of the molecule is C[C@@]1(N2CCN(c3cc4[nH]ncc4cc3Cl)CC2)COC[C@@H]1O. The fourth-order valence-electron chi connectivity index (χ4n) is 3.61. The van der Waals surface area contributed by atoms with Crippen LogP contribution in [0, 0.1) is 0 Å². The molecule has 0 aliphatic carbocycles. The van der Waals surface area contributed by atoms with Gasteiger partial charge in [0.1, 0.15) is 0 Å². The maximum Gasteiger partial charge on any atom is 0.0976 e. The molecule has 1 aromatic carbocycles. The van der Waals surface area contributed by atoms with Crippen LogP contribution in [0.25, 0.3) is 10.9 Å². The van der Waals surface area contributed by atoms with Gasteiger partial charge in [0, 0.05) is 31.6 Å². The van der Waals surface area contributed by atoms with E-state index in [-0.39, 0.29) is 5.54 Å². The molecule has 2 N–H and O–H groups in total. The number of aromatic nitrogens is 2. The number of rotatable bonds is 2. The highest BCUT2D eigenvalue weighted by Crippen LogP contribution is 2.33. The van der Waals surface area contributed by atoms with E-state index in [2.05, 4.69) is 33.0 Å². The number of hydrogen-bond acceptors (Lipinski definition) is 5. The first-order valence-corrected chi connectivity index (χ1v) is 8.34. The van der Waals surface area contributed by atoms with Crippen molar-refractivity contribution in [3.63, 3.8) is 0 Å². The Labute approximate surface area is 140 Å². The number of benzene rings is 1. The summed E-state index contributed by atoms with van der Waals surface area (Å²) < 4.78 is 5.46. The van der Waals surface area contributed by atoms with Gasteiger partial charge in [0.05, 0.1) is 47.3 Å². The van der Waals surface area contributed by atoms with Gasteiger partial charge < -0.3 is 14.7 Å². The molecule has 1 aromatic heterocycles. The number of H-pyrrole nitrogens is 1. The number of nitrogens with zero attached hydrogens (tertiary/aromatic N) is 3. The summed E-state index contributed by atoms with van der Waals surface area (Å²) in [6, 6.07) is 4.02. The molecule has 0 radical (unpaired) electrons. The Kier molecular flexibility index (Phi) is 3.72. The van der Waals surface area contributed by atoms with E-state index in [1.165, 1.54) is 0 Å². The molecule has 2 aliphatic rings. The summed E-state index contributed by atoms with van der Waals surface area (Å²) in [6.45, 7) is 6.63. The van der Waals surface area contributed by atoms with E-state index in [9.17, 15) is 5.11 Å². The van der Waals surface area contributed by atoms with Crippen LogP contribution in [0.2, 0.25) is 5.02 Å². The molecule has 6 nitrogen and oxygen atoms in total. The van der Waals surface area contributed by atoms with Crippen molar-refractivity contribution < 1.29 is 9.84 Å². The number of hydrogen-bond donors (Lipinski definition) is 2. The molecule has 0 unspecified atom stereocenters. The molecule has 2 atom stereocenters. The van der Waals surface area contributed by atoms with Gasteiger partial charge in [-0.3, -0.25) is 10.00 Å². The fraction of sp³-hybridized carbons (Fsp3) is 0.562. The van der Waals surface area contributed by atoms with Gasteiger partial charge in [-0.15, -0.1) is 0 Å². The molecular weight excluding hydrogens is 316 g/mol. The Balaban J connectivity index is 1.51.